The summed E-state index contributed by atoms with van der Waals surface area (Å²) in [6.45, 7) is 4.67. The van der Waals surface area contributed by atoms with Crippen molar-refractivity contribution in [1.82, 2.24) is 4.98 Å². The van der Waals surface area contributed by atoms with Crippen molar-refractivity contribution in [2.24, 2.45) is 5.41 Å². The Kier molecular flexibility index (Phi) is 3.69. The maximum absolute atomic E-state index is 6.46. The van der Waals surface area contributed by atoms with Crippen LogP contribution in [0.25, 0.3) is 22.4 Å². The zero-order chi connectivity index (χ0) is 16.7. The fourth-order valence-electron chi connectivity index (χ4n) is 3.65. The van der Waals surface area contributed by atoms with Gasteiger partial charge in [0.25, 0.3) is 0 Å². The van der Waals surface area contributed by atoms with Crippen molar-refractivity contribution in [2.75, 3.05) is 0 Å². The number of halogens is 1. The van der Waals surface area contributed by atoms with Gasteiger partial charge in [0.2, 0.25) is 0 Å². The number of pyridine rings is 1. The molecule has 1 aromatic heterocycles. The molecule has 0 aliphatic heterocycles. The number of nitrogens with zero attached hydrogens (tertiary/aromatic N) is 1. The van der Waals surface area contributed by atoms with Crippen LogP contribution in [0.2, 0.25) is 5.02 Å². The summed E-state index contributed by atoms with van der Waals surface area (Å²) in [5.41, 5.74) is 7.57. The summed E-state index contributed by atoms with van der Waals surface area (Å²) in [4.78, 5) is 4.50. The fraction of sp³-hybridized carbons (Fsp3) is 0.227. The largest absolute Gasteiger partial charge is 0.255 e. The normalized spacial score (nSPS) is 15.3. The molecule has 24 heavy (non-hydrogen) atoms. The van der Waals surface area contributed by atoms with E-state index in [1.54, 1.807) is 6.20 Å². The number of fused-ring (bicyclic) bond motifs is 1. The quantitative estimate of drug-likeness (QED) is 0.544. The van der Waals surface area contributed by atoms with Crippen LogP contribution in [0.15, 0.2) is 60.8 Å². The lowest BCUT2D eigenvalue weighted by atomic mass is 9.90. The van der Waals surface area contributed by atoms with Crippen molar-refractivity contribution in [3.8, 4) is 22.4 Å². The van der Waals surface area contributed by atoms with Gasteiger partial charge in [0, 0.05) is 17.3 Å². The van der Waals surface area contributed by atoms with Gasteiger partial charge < -0.3 is 0 Å². The van der Waals surface area contributed by atoms with E-state index in [1.165, 1.54) is 16.7 Å². The van der Waals surface area contributed by atoms with E-state index < -0.39 is 0 Å². The molecule has 1 aliphatic carbocycles. The highest BCUT2D eigenvalue weighted by atomic mass is 35.5. The maximum atomic E-state index is 6.46. The lowest BCUT2D eigenvalue weighted by Crippen LogP contribution is -2.09. The number of hydrogen-bond donors (Lipinski definition) is 0. The average molecular weight is 334 g/mol. The van der Waals surface area contributed by atoms with E-state index >= 15 is 0 Å². The third-order valence-electron chi connectivity index (χ3n) is 4.78. The van der Waals surface area contributed by atoms with E-state index in [1.807, 2.05) is 18.2 Å². The Balaban J connectivity index is 1.78. The van der Waals surface area contributed by atoms with Gasteiger partial charge in [-0.05, 0) is 41.0 Å². The molecule has 0 saturated heterocycles. The minimum atomic E-state index is 0.359. The molecule has 120 valence electrons. The predicted octanol–water partition coefficient (Wildman–Crippen LogP) is 6.19. The Morgan fingerprint density at radius 2 is 1.62 bits per heavy atom. The lowest BCUT2D eigenvalue weighted by Gasteiger charge is -2.14. The van der Waals surface area contributed by atoms with Crippen molar-refractivity contribution in [1.29, 1.82) is 0 Å². The van der Waals surface area contributed by atoms with E-state index in [0.717, 1.165) is 29.7 Å². The molecule has 0 spiro atoms. The molecule has 1 nitrogen and oxygen atoms in total. The summed E-state index contributed by atoms with van der Waals surface area (Å²) in [5, 5.41) is 0.701. The smallest absolute Gasteiger partial charge is 0.0709 e. The average Bonchev–Trinajstić information content (AvgIpc) is 2.89. The predicted molar refractivity (Wildman–Crippen MR) is 101 cm³/mol. The third kappa shape index (κ3) is 2.85. The van der Waals surface area contributed by atoms with E-state index in [9.17, 15) is 0 Å². The molecular formula is C22H20ClN. The first-order valence-electron chi connectivity index (χ1n) is 8.35. The van der Waals surface area contributed by atoms with E-state index in [4.69, 9.17) is 11.6 Å². The third-order valence-corrected chi connectivity index (χ3v) is 5.08. The van der Waals surface area contributed by atoms with Crippen LogP contribution in [0, 0.1) is 5.41 Å². The Morgan fingerprint density at radius 3 is 2.42 bits per heavy atom. The number of aromatic nitrogens is 1. The molecule has 4 rings (SSSR count). The molecule has 0 radical (unpaired) electrons. The first kappa shape index (κ1) is 15.4. The highest BCUT2D eigenvalue weighted by Crippen LogP contribution is 2.39. The van der Waals surface area contributed by atoms with Gasteiger partial charge in [-0.2, -0.15) is 0 Å². The Labute approximate surface area is 148 Å². The highest BCUT2D eigenvalue weighted by molar-refractivity contribution is 6.33. The second kappa shape index (κ2) is 5.75. The number of benzene rings is 2. The summed E-state index contributed by atoms with van der Waals surface area (Å²) in [7, 11) is 0. The van der Waals surface area contributed by atoms with Gasteiger partial charge in [-0.15, -0.1) is 0 Å². The van der Waals surface area contributed by atoms with Gasteiger partial charge >= 0.3 is 0 Å². The van der Waals surface area contributed by atoms with Gasteiger partial charge in [0.1, 0.15) is 0 Å². The van der Waals surface area contributed by atoms with Crippen LogP contribution >= 0.6 is 11.6 Å². The summed E-state index contributed by atoms with van der Waals surface area (Å²) >= 11 is 6.46. The number of hydrogen-bond acceptors (Lipinski definition) is 1. The monoisotopic (exact) mass is 333 g/mol. The highest BCUT2D eigenvalue weighted by Gasteiger charge is 2.28. The molecule has 0 saturated carbocycles. The second-order valence-corrected chi connectivity index (χ2v) is 7.82. The zero-order valence-electron chi connectivity index (χ0n) is 14.0. The van der Waals surface area contributed by atoms with Crippen LogP contribution in [0.5, 0.6) is 0 Å². The molecule has 0 unspecified atom stereocenters. The molecule has 0 atom stereocenters. The molecule has 2 aromatic carbocycles. The minimum Gasteiger partial charge on any atom is -0.255 e. The van der Waals surface area contributed by atoms with Gasteiger partial charge in [-0.25, -0.2) is 0 Å². The van der Waals surface area contributed by atoms with Gasteiger partial charge in [0.05, 0.1) is 10.7 Å². The van der Waals surface area contributed by atoms with Crippen molar-refractivity contribution in [3.05, 3.63) is 76.9 Å². The summed E-state index contributed by atoms with van der Waals surface area (Å²) in [6.07, 6.45) is 4.04. The summed E-state index contributed by atoms with van der Waals surface area (Å²) in [5.74, 6) is 0. The molecule has 2 heteroatoms. The molecule has 3 aromatic rings. The molecular weight excluding hydrogens is 314 g/mol. The first-order chi connectivity index (χ1) is 11.5. The van der Waals surface area contributed by atoms with Crippen LogP contribution in [-0.2, 0) is 12.8 Å². The minimum absolute atomic E-state index is 0.359. The standard InChI is InChI=1S/C22H20ClN/c1-22(2)12-17-9-8-16(10-18(17)13-22)19-11-21(24-14-20(19)23)15-6-4-3-5-7-15/h3-11,14H,12-13H2,1-2H3. The van der Waals surface area contributed by atoms with Crippen molar-refractivity contribution in [2.45, 2.75) is 26.7 Å². The van der Waals surface area contributed by atoms with Crippen molar-refractivity contribution < 1.29 is 0 Å². The van der Waals surface area contributed by atoms with Gasteiger partial charge in [-0.3, -0.25) is 4.98 Å². The number of rotatable bonds is 2. The molecule has 0 fully saturated rings. The van der Waals surface area contributed by atoms with E-state index in [2.05, 4.69) is 55.2 Å². The van der Waals surface area contributed by atoms with Crippen LogP contribution < -0.4 is 0 Å². The van der Waals surface area contributed by atoms with Crippen LogP contribution in [0.4, 0.5) is 0 Å². The fourth-order valence-corrected chi connectivity index (χ4v) is 3.86. The zero-order valence-corrected chi connectivity index (χ0v) is 14.8. The summed E-state index contributed by atoms with van der Waals surface area (Å²) < 4.78 is 0. The second-order valence-electron chi connectivity index (χ2n) is 7.42. The molecule has 0 amide bonds. The van der Waals surface area contributed by atoms with Gasteiger partial charge in [-0.1, -0.05) is 74.0 Å². The SMILES string of the molecule is CC1(C)Cc2ccc(-c3cc(-c4ccccc4)ncc3Cl)cc2C1. The molecule has 0 N–H and O–H groups in total. The van der Waals surface area contributed by atoms with Crippen LogP contribution in [0.1, 0.15) is 25.0 Å². The molecule has 1 aliphatic rings. The Bertz CT molecular complexity index is 897. The maximum Gasteiger partial charge on any atom is 0.0709 e. The van der Waals surface area contributed by atoms with Crippen molar-refractivity contribution >= 4 is 11.6 Å². The molecule has 0 bridgehead atoms. The summed E-state index contributed by atoms with van der Waals surface area (Å²) in [6, 6.07) is 19.1. The lowest BCUT2D eigenvalue weighted by molar-refractivity contribution is 0.392. The van der Waals surface area contributed by atoms with E-state index in [-0.39, 0.29) is 0 Å². The van der Waals surface area contributed by atoms with Crippen molar-refractivity contribution in [3.63, 3.8) is 0 Å². The first-order valence-corrected chi connectivity index (χ1v) is 8.73. The van der Waals surface area contributed by atoms with Gasteiger partial charge in [0.15, 0.2) is 0 Å². The Hall–Kier alpha value is -2.12. The van der Waals surface area contributed by atoms with Crippen LogP contribution in [0.3, 0.4) is 0 Å². The Morgan fingerprint density at radius 1 is 0.875 bits per heavy atom. The van der Waals surface area contributed by atoms with Crippen LogP contribution in [-0.4, -0.2) is 4.98 Å². The van der Waals surface area contributed by atoms with E-state index in [0.29, 0.717) is 10.4 Å². The molecule has 1 heterocycles. The topological polar surface area (TPSA) is 12.9 Å².